The molecule has 0 fully saturated rings. The van der Waals surface area contributed by atoms with Crippen LogP contribution in [0.2, 0.25) is 0 Å². The van der Waals surface area contributed by atoms with Gasteiger partial charge in [0.25, 0.3) is 0 Å². The first-order valence-corrected chi connectivity index (χ1v) is 27.1. The SMILES string of the molecule is CCN(CC)c1ccc(C2(c3ccc(OC)cc3)OC(c3ccccc3)=Nc3c2ccc(N(C)C)c3C)cc1.CCN(CC)c1ccc(C2(c3ccc(OC)cc3)OC(c3ccccc3)=Nc3cc(N(C)C)c(C)cc32)cc1. The highest BCUT2D eigenvalue weighted by molar-refractivity contribution is 6.00. The van der Waals surface area contributed by atoms with Crippen LogP contribution in [0.5, 0.6) is 11.5 Å². The van der Waals surface area contributed by atoms with E-state index in [9.17, 15) is 0 Å². The van der Waals surface area contributed by atoms with Crippen molar-refractivity contribution in [3.05, 3.63) is 238 Å². The molecule has 0 spiro atoms. The molecule has 10 rings (SSSR count). The normalized spacial score (nSPS) is 16.1. The molecule has 0 radical (unpaired) electrons. The topological polar surface area (TPSA) is 74.6 Å². The lowest BCUT2D eigenvalue weighted by Gasteiger charge is -2.41. The fourth-order valence-electron chi connectivity index (χ4n) is 11.0. The Morgan fingerprint density at radius 3 is 1.23 bits per heavy atom. The molecule has 0 saturated carbocycles. The molecule has 8 aromatic rings. The molecule has 0 aliphatic carbocycles. The van der Waals surface area contributed by atoms with E-state index in [-0.39, 0.29) is 0 Å². The molecular formula is C68H74N6O4. The maximum absolute atomic E-state index is 7.12. The average Bonchev–Trinajstić information content (AvgIpc) is 3.60. The molecule has 0 saturated heterocycles. The van der Waals surface area contributed by atoms with Crippen molar-refractivity contribution in [3.63, 3.8) is 0 Å². The minimum absolute atomic E-state index is 0.597. The molecule has 10 nitrogen and oxygen atoms in total. The van der Waals surface area contributed by atoms with Gasteiger partial charge in [-0.2, -0.15) is 0 Å². The summed E-state index contributed by atoms with van der Waals surface area (Å²) in [5, 5.41) is 0. The minimum Gasteiger partial charge on any atom is -0.497 e. The second-order valence-electron chi connectivity index (χ2n) is 20.1. The Kier molecular flexibility index (Phi) is 16.3. The molecule has 2 aliphatic rings. The first kappa shape index (κ1) is 54.3. The number of aliphatic imine (C=N–C) groups is 2. The van der Waals surface area contributed by atoms with E-state index in [0.717, 1.165) is 110 Å². The Morgan fingerprint density at radius 1 is 0.436 bits per heavy atom. The third-order valence-corrected chi connectivity index (χ3v) is 15.2. The van der Waals surface area contributed by atoms with Crippen LogP contribution in [0.15, 0.2) is 192 Å². The molecule has 400 valence electrons. The fraction of sp³-hybridized carbons (Fsp3) is 0.265. The molecule has 2 unspecified atom stereocenters. The zero-order valence-electron chi connectivity index (χ0n) is 47.5. The second-order valence-corrected chi connectivity index (χ2v) is 20.1. The molecule has 78 heavy (non-hydrogen) atoms. The van der Waals surface area contributed by atoms with Crippen LogP contribution in [0.4, 0.5) is 34.1 Å². The number of rotatable bonds is 16. The minimum atomic E-state index is -0.911. The summed E-state index contributed by atoms with van der Waals surface area (Å²) in [5.74, 6) is 2.81. The lowest BCUT2D eigenvalue weighted by Crippen LogP contribution is -2.38. The summed E-state index contributed by atoms with van der Waals surface area (Å²) in [6, 6.07) is 63.1. The molecule has 0 N–H and O–H groups in total. The molecule has 0 amide bonds. The van der Waals surface area contributed by atoms with Crippen LogP contribution in [-0.4, -0.2) is 80.4 Å². The van der Waals surface area contributed by atoms with Crippen LogP contribution in [0.25, 0.3) is 0 Å². The zero-order chi connectivity index (χ0) is 55.1. The van der Waals surface area contributed by atoms with Crippen molar-refractivity contribution < 1.29 is 18.9 Å². The van der Waals surface area contributed by atoms with Gasteiger partial charge in [-0.1, -0.05) is 91.0 Å². The summed E-state index contributed by atoms with van der Waals surface area (Å²) in [4.78, 5) is 19.2. The summed E-state index contributed by atoms with van der Waals surface area (Å²) in [5.41, 5.74) is 15.0. The van der Waals surface area contributed by atoms with Crippen LogP contribution in [0.3, 0.4) is 0 Å². The largest absolute Gasteiger partial charge is 0.497 e. The molecule has 2 heterocycles. The monoisotopic (exact) mass is 1040 g/mol. The zero-order valence-corrected chi connectivity index (χ0v) is 47.5. The first-order valence-electron chi connectivity index (χ1n) is 27.1. The van der Waals surface area contributed by atoms with Gasteiger partial charge in [-0.25, -0.2) is 9.98 Å². The van der Waals surface area contributed by atoms with Crippen LogP contribution in [-0.2, 0) is 20.7 Å². The van der Waals surface area contributed by atoms with Crippen LogP contribution >= 0.6 is 0 Å². The van der Waals surface area contributed by atoms with Crippen molar-refractivity contribution in [1.82, 2.24) is 0 Å². The summed E-state index contributed by atoms with van der Waals surface area (Å²) in [7, 11) is 11.7. The van der Waals surface area contributed by atoms with Gasteiger partial charge in [0.05, 0.1) is 25.6 Å². The van der Waals surface area contributed by atoms with E-state index < -0.39 is 11.2 Å². The third kappa shape index (κ3) is 10.3. The molecule has 0 bridgehead atoms. The predicted molar refractivity (Wildman–Crippen MR) is 324 cm³/mol. The molecule has 2 aliphatic heterocycles. The number of benzene rings is 8. The van der Waals surface area contributed by atoms with E-state index in [4.69, 9.17) is 28.9 Å². The number of fused-ring (bicyclic) bond motifs is 2. The van der Waals surface area contributed by atoms with E-state index in [1.807, 2.05) is 72.8 Å². The van der Waals surface area contributed by atoms with Gasteiger partial charge in [-0.3, -0.25) is 0 Å². The van der Waals surface area contributed by atoms with Gasteiger partial charge < -0.3 is 38.5 Å². The van der Waals surface area contributed by atoms with Crippen LogP contribution < -0.4 is 29.1 Å². The highest BCUT2D eigenvalue weighted by atomic mass is 16.5. The van der Waals surface area contributed by atoms with Crippen molar-refractivity contribution >= 4 is 45.9 Å². The van der Waals surface area contributed by atoms with E-state index in [1.54, 1.807) is 14.2 Å². The highest BCUT2D eigenvalue weighted by Gasteiger charge is 2.47. The van der Waals surface area contributed by atoms with Crippen LogP contribution in [0.1, 0.15) is 83.3 Å². The van der Waals surface area contributed by atoms with Gasteiger partial charge >= 0.3 is 0 Å². The van der Waals surface area contributed by atoms with Crippen molar-refractivity contribution in [2.75, 3.05) is 88.2 Å². The first-order chi connectivity index (χ1) is 37.8. The van der Waals surface area contributed by atoms with Crippen LogP contribution in [0, 0.1) is 13.8 Å². The van der Waals surface area contributed by atoms with E-state index in [1.165, 1.54) is 16.9 Å². The predicted octanol–water partition coefficient (Wildman–Crippen LogP) is 14.6. The molecule has 10 heteroatoms. The second kappa shape index (κ2) is 23.4. The summed E-state index contributed by atoms with van der Waals surface area (Å²) < 4.78 is 25.3. The number of hydrogen-bond acceptors (Lipinski definition) is 10. The maximum Gasteiger partial charge on any atom is 0.222 e. The summed E-state index contributed by atoms with van der Waals surface area (Å²) in [6.07, 6.45) is 0. The molecule has 8 aromatic carbocycles. The van der Waals surface area contributed by atoms with Gasteiger partial charge in [0.1, 0.15) is 11.5 Å². The lowest BCUT2D eigenvalue weighted by atomic mass is 9.77. The lowest BCUT2D eigenvalue weighted by molar-refractivity contribution is 0.137. The number of anilines is 4. The van der Waals surface area contributed by atoms with Crippen molar-refractivity contribution in [2.24, 2.45) is 9.98 Å². The van der Waals surface area contributed by atoms with Gasteiger partial charge in [0.2, 0.25) is 11.8 Å². The Hall–Kier alpha value is -8.50. The number of aryl methyl sites for hydroxylation is 1. The Morgan fingerprint density at radius 2 is 0.833 bits per heavy atom. The van der Waals surface area contributed by atoms with Gasteiger partial charge in [0, 0.05) is 122 Å². The maximum atomic E-state index is 7.12. The van der Waals surface area contributed by atoms with Gasteiger partial charge in [-0.15, -0.1) is 0 Å². The highest BCUT2D eigenvalue weighted by Crippen LogP contribution is 2.52. The number of ether oxygens (including phenoxy) is 4. The smallest absolute Gasteiger partial charge is 0.222 e. The molecule has 2 atom stereocenters. The Labute approximate surface area is 462 Å². The van der Waals surface area contributed by atoms with E-state index in [2.05, 4.69) is 199 Å². The molecular weight excluding hydrogens is 965 g/mol. The van der Waals surface area contributed by atoms with Gasteiger partial charge in [0.15, 0.2) is 11.2 Å². The quantitative estimate of drug-likeness (QED) is 0.0948. The summed E-state index contributed by atoms with van der Waals surface area (Å²) in [6.45, 7) is 16.9. The third-order valence-electron chi connectivity index (χ3n) is 15.2. The Bertz CT molecular complexity index is 3260. The fourth-order valence-corrected chi connectivity index (χ4v) is 11.0. The summed E-state index contributed by atoms with van der Waals surface area (Å²) >= 11 is 0. The standard InChI is InChI=1S/2C34H37N3O2/c1-7-37(8-2)28-18-14-26(15-19-28)34(27-16-20-29(38-6)21-17-27)30-22-24(3)32(36(4)5)23-31(30)35-33(39-34)25-12-10-9-11-13-25;1-7-37(8-2)28-18-14-26(15-19-28)34(27-16-20-29(38-6)21-17-27)30-22-23-31(36(4)5)24(3)32(30)35-33(39-34)25-12-10-9-11-13-25/h2*9-23H,7-8H2,1-6H3. The molecule has 0 aromatic heterocycles. The van der Waals surface area contributed by atoms with E-state index >= 15 is 0 Å². The van der Waals surface area contributed by atoms with Gasteiger partial charge in [-0.05, 0) is 144 Å². The Balaban J connectivity index is 0.000000190. The van der Waals surface area contributed by atoms with Crippen molar-refractivity contribution in [3.8, 4) is 11.5 Å². The number of methoxy groups -OCH3 is 2. The van der Waals surface area contributed by atoms with E-state index in [0.29, 0.717) is 11.8 Å². The van der Waals surface area contributed by atoms with Crippen molar-refractivity contribution in [1.29, 1.82) is 0 Å². The van der Waals surface area contributed by atoms with Crippen molar-refractivity contribution in [2.45, 2.75) is 52.7 Å². The number of hydrogen-bond donors (Lipinski definition) is 0. The average molecular weight is 1040 g/mol. The number of nitrogens with zero attached hydrogens (tertiary/aromatic N) is 6.